The van der Waals surface area contributed by atoms with Crippen molar-refractivity contribution in [3.8, 4) is 0 Å². The van der Waals surface area contributed by atoms with Crippen LogP contribution in [-0.4, -0.2) is 26.2 Å². The van der Waals surface area contributed by atoms with Gasteiger partial charge in [-0.25, -0.2) is 0 Å². The fraction of sp³-hybridized carbons (Fsp3) is 0.250. The molecule has 126 valence electrons. The number of benzene rings is 1. The molecule has 6 nitrogen and oxygen atoms in total. The molecule has 0 saturated heterocycles. The molecule has 3 rings (SSSR count). The van der Waals surface area contributed by atoms with E-state index in [-0.39, 0.29) is 16.8 Å². The van der Waals surface area contributed by atoms with Gasteiger partial charge < -0.3 is 33.6 Å². The number of allylic oxidation sites excluding steroid dienone is 2. The van der Waals surface area contributed by atoms with Crippen LogP contribution in [0.15, 0.2) is 36.7 Å². The standard InChI is InChI=1S/C12H8N2.2C2H8N2.Co/c1-3-9-5-6-10-4-2-8-14-12(10)11(9)13-7-1;2*3-1-2-4;/h1-8H;2*1-4H2;/q-2;;;+3. The fourth-order valence-corrected chi connectivity index (χ4v) is 1.68. The summed E-state index contributed by atoms with van der Waals surface area (Å²) in [4.78, 5) is 0. The molecule has 0 spiro atoms. The summed E-state index contributed by atoms with van der Waals surface area (Å²) in [5, 5.41) is 11.0. The van der Waals surface area contributed by atoms with E-state index >= 15 is 0 Å². The zero-order valence-electron chi connectivity index (χ0n) is 13.0. The largest absolute Gasteiger partial charge is 3.00 e. The van der Waals surface area contributed by atoms with Crippen molar-refractivity contribution in [2.24, 2.45) is 22.9 Å². The molecule has 23 heavy (non-hydrogen) atoms. The average molecular weight is 359 g/mol. The van der Waals surface area contributed by atoms with Crippen molar-refractivity contribution in [3.63, 3.8) is 0 Å². The molecule has 8 N–H and O–H groups in total. The molecule has 0 fully saturated rings. The molecular weight excluding hydrogens is 335 g/mol. The normalized spacial score (nSPS) is 12.0. The van der Waals surface area contributed by atoms with Crippen LogP contribution in [0.2, 0.25) is 0 Å². The average Bonchev–Trinajstić information content (AvgIpc) is 2.62. The van der Waals surface area contributed by atoms with E-state index in [1.807, 2.05) is 12.2 Å². The first-order valence-corrected chi connectivity index (χ1v) is 7.17. The summed E-state index contributed by atoms with van der Waals surface area (Å²) in [5.41, 5.74) is 21.6. The summed E-state index contributed by atoms with van der Waals surface area (Å²) < 4.78 is 0. The van der Waals surface area contributed by atoms with Gasteiger partial charge in [0.2, 0.25) is 0 Å². The molecular formula is C16H24CoN6+. The maximum Gasteiger partial charge on any atom is 3.00 e. The molecule has 0 saturated carbocycles. The van der Waals surface area contributed by atoms with Crippen molar-refractivity contribution in [1.82, 2.24) is 0 Å². The molecule has 2 aliphatic heterocycles. The summed E-state index contributed by atoms with van der Waals surface area (Å²) in [6, 6.07) is 4.15. The van der Waals surface area contributed by atoms with E-state index in [2.05, 4.69) is 34.9 Å². The minimum Gasteiger partial charge on any atom is -0.665 e. The Morgan fingerprint density at radius 3 is 1.30 bits per heavy atom. The number of rotatable bonds is 2. The fourth-order valence-electron chi connectivity index (χ4n) is 1.68. The summed E-state index contributed by atoms with van der Waals surface area (Å²) in [6.45, 7) is 2.39. The Hall–Kier alpha value is -1.61. The van der Waals surface area contributed by atoms with Crippen molar-refractivity contribution < 1.29 is 16.8 Å². The SMILES string of the molecule is C1=C[N-]c2c3c(ccc2=C1)=CC=C[N-]3.NCCN.NCCN.[Co+3]. The second-order valence-electron chi connectivity index (χ2n) is 4.37. The molecule has 7 heteroatoms. The van der Waals surface area contributed by atoms with Gasteiger partial charge in [0, 0.05) is 26.2 Å². The van der Waals surface area contributed by atoms with Crippen molar-refractivity contribution >= 4 is 23.5 Å². The molecule has 1 aromatic carbocycles. The van der Waals surface area contributed by atoms with Crippen LogP contribution >= 0.6 is 0 Å². The zero-order chi connectivity index (χ0) is 16.2. The van der Waals surface area contributed by atoms with Gasteiger partial charge in [0.1, 0.15) is 0 Å². The first-order chi connectivity index (χ1) is 10.8. The summed E-state index contributed by atoms with van der Waals surface area (Å²) in [7, 11) is 0. The molecule has 0 atom stereocenters. The van der Waals surface area contributed by atoms with Gasteiger partial charge in [0.25, 0.3) is 0 Å². The quantitative estimate of drug-likeness (QED) is 0.597. The number of nitrogens with zero attached hydrogens (tertiary/aromatic N) is 2. The predicted octanol–water partition coefficient (Wildman–Crippen LogP) is 0.118. The third-order valence-corrected chi connectivity index (χ3v) is 2.68. The second kappa shape index (κ2) is 12.9. The molecule has 2 heterocycles. The molecule has 1 aromatic rings. The Kier molecular flexibility index (Phi) is 12.0. The van der Waals surface area contributed by atoms with Gasteiger partial charge in [0.05, 0.1) is 0 Å². The summed E-state index contributed by atoms with van der Waals surface area (Å²) >= 11 is 0. The van der Waals surface area contributed by atoms with Crippen molar-refractivity contribution in [3.05, 3.63) is 57.8 Å². The molecule has 0 bridgehead atoms. The van der Waals surface area contributed by atoms with Gasteiger partial charge in [-0.15, -0.1) is 11.4 Å². The molecule has 0 aliphatic carbocycles. The Balaban J connectivity index is 0.000000461. The van der Waals surface area contributed by atoms with Crippen LogP contribution in [0.4, 0.5) is 11.4 Å². The van der Waals surface area contributed by atoms with Crippen LogP contribution in [0.5, 0.6) is 0 Å². The molecule has 0 aromatic heterocycles. The van der Waals surface area contributed by atoms with Crippen LogP contribution in [0.1, 0.15) is 0 Å². The van der Waals surface area contributed by atoms with Gasteiger partial charge in [-0.2, -0.15) is 12.4 Å². The Morgan fingerprint density at radius 1 is 0.652 bits per heavy atom. The van der Waals surface area contributed by atoms with Crippen LogP contribution in [0, 0.1) is 0 Å². The predicted molar refractivity (Wildman–Crippen MR) is 95.2 cm³/mol. The van der Waals surface area contributed by atoms with E-state index in [1.54, 1.807) is 12.4 Å². The minimum absolute atomic E-state index is 0. The van der Waals surface area contributed by atoms with Crippen molar-refractivity contribution in [1.29, 1.82) is 0 Å². The molecule has 2 aliphatic rings. The van der Waals surface area contributed by atoms with E-state index in [0.29, 0.717) is 26.2 Å². The van der Waals surface area contributed by atoms with Gasteiger partial charge in [-0.1, -0.05) is 36.4 Å². The van der Waals surface area contributed by atoms with Gasteiger partial charge in [0.15, 0.2) is 0 Å². The Labute approximate surface area is 147 Å². The van der Waals surface area contributed by atoms with E-state index in [4.69, 9.17) is 22.9 Å². The first-order valence-electron chi connectivity index (χ1n) is 7.17. The van der Waals surface area contributed by atoms with Gasteiger partial charge in [-0.3, -0.25) is 0 Å². The smallest absolute Gasteiger partial charge is 0.665 e. The third-order valence-electron chi connectivity index (χ3n) is 2.68. The van der Waals surface area contributed by atoms with Crippen LogP contribution < -0.4 is 33.4 Å². The Morgan fingerprint density at radius 2 is 1.00 bits per heavy atom. The number of fused-ring (bicyclic) bond motifs is 3. The minimum atomic E-state index is 0. The van der Waals surface area contributed by atoms with Crippen LogP contribution in [-0.2, 0) is 16.8 Å². The van der Waals surface area contributed by atoms with E-state index in [1.165, 1.54) is 0 Å². The van der Waals surface area contributed by atoms with Gasteiger partial charge in [-0.05, 0) is 10.4 Å². The van der Waals surface area contributed by atoms with Crippen LogP contribution in [0.25, 0.3) is 22.8 Å². The summed E-state index contributed by atoms with van der Waals surface area (Å²) in [6.07, 6.45) is 11.6. The molecule has 0 radical (unpaired) electrons. The first kappa shape index (κ1) is 21.4. The maximum absolute atomic E-state index is 4.90. The topological polar surface area (TPSA) is 132 Å². The second-order valence-corrected chi connectivity index (χ2v) is 4.37. The zero-order valence-corrected chi connectivity index (χ0v) is 14.0. The van der Waals surface area contributed by atoms with Crippen LogP contribution in [0.3, 0.4) is 0 Å². The molecule has 0 unspecified atom stereocenters. The third kappa shape index (κ3) is 7.00. The maximum atomic E-state index is 4.90. The monoisotopic (exact) mass is 359 g/mol. The van der Waals surface area contributed by atoms with E-state index < -0.39 is 0 Å². The summed E-state index contributed by atoms with van der Waals surface area (Å²) in [5.74, 6) is 0. The molecule has 0 amide bonds. The number of hydrogen-bond donors (Lipinski definition) is 4. The van der Waals surface area contributed by atoms with Gasteiger partial charge >= 0.3 is 16.8 Å². The van der Waals surface area contributed by atoms with E-state index in [9.17, 15) is 0 Å². The number of hydrogen-bond acceptors (Lipinski definition) is 4. The van der Waals surface area contributed by atoms with Crippen molar-refractivity contribution in [2.45, 2.75) is 0 Å². The van der Waals surface area contributed by atoms with E-state index in [0.717, 1.165) is 21.8 Å². The number of nitrogens with two attached hydrogens (primary N) is 4. The van der Waals surface area contributed by atoms with Crippen molar-refractivity contribution in [2.75, 3.05) is 26.2 Å². The Bertz CT molecular complexity index is 565.